The SMILES string of the molecule is FC(F)(F)c1cccc(CN2CCC(Oc3ccccc3)CC2)c1. The Morgan fingerprint density at radius 2 is 1.67 bits per heavy atom. The van der Waals surface area contributed by atoms with E-state index in [2.05, 4.69) is 4.90 Å². The molecule has 0 bridgehead atoms. The van der Waals surface area contributed by atoms with Crippen molar-refractivity contribution in [3.8, 4) is 5.75 Å². The molecule has 0 radical (unpaired) electrons. The second-order valence-corrected chi connectivity index (χ2v) is 6.10. The summed E-state index contributed by atoms with van der Waals surface area (Å²) in [6.45, 7) is 2.20. The molecule has 0 aliphatic carbocycles. The van der Waals surface area contributed by atoms with Crippen molar-refractivity contribution in [3.05, 3.63) is 65.7 Å². The topological polar surface area (TPSA) is 12.5 Å². The van der Waals surface area contributed by atoms with Crippen molar-refractivity contribution in [2.75, 3.05) is 13.1 Å². The number of likely N-dealkylation sites (tertiary alicyclic amines) is 1. The van der Waals surface area contributed by atoms with Gasteiger partial charge in [0.1, 0.15) is 11.9 Å². The van der Waals surface area contributed by atoms with Crippen LogP contribution in [0.4, 0.5) is 13.2 Å². The van der Waals surface area contributed by atoms with Gasteiger partial charge in [0, 0.05) is 19.6 Å². The van der Waals surface area contributed by atoms with E-state index < -0.39 is 11.7 Å². The van der Waals surface area contributed by atoms with Gasteiger partial charge >= 0.3 is 6.18 Å². The van der Waals surface area contributed by atoms with Crippen LogP contribution in [0.1, 0.15) is 24.0 Å². The maximum atomic E-state index is 12.8. The number of piperidine rings is 1. The number of hydrogen-bond acceptors (Lipinski definition) is 2. The first-order valence-electron chi connectivity index (χ1n) is 8.11. The monoisotopic (exact) mass is 335 g/mol. The third-order valence-electron chi connectivity index (χ3n) is 4.24. The molecule has 128 valence electrons. The summed E-state index contributed by atoms with van der Waals surface area (Å²) in [6, 6.07) is 15.3. The Hall–Kier alpha value is -2.01. The van der Waals surface area contributed by atoms with Crippen LogP contribution in [0.15, 0.2) is 54.6 Å². The second kappa shape index (κ2) is 7.26. The molecule has 1 aliphatic rings. The van der Waals surface area contributed by atoms with Gasteiger partial charge in [-0.2, -0.15) is 13.2 Å². The molecule has 0 atom stereocenters. The van der Waals surface area contributed by atoms with Crippen molar-refractivity contribution >= 4 is 0 Å². The van der Waals surface area contributed by atoms with Crippen molar-refractivity contribution in [1.82, 2.24) is 4.90 Å². The molecule has 0 amide bonds. The highest BCUT2D eigenvalue weighted by atomic mass is 19.4. The Bertz CT molecular complexity index is 649. The van der Waals surface area contributed by atoms with Crippen LogP contribution in [0.5, 0.6) is 5.75 Å². The Morgan fingerprint density at radius 3 is 2.33 bits per heavy atom. The second-order valence-electron chi connectivity index (χ2n) is 6.10. The van der Waals surface area contributed by atoms with E-state index in [9.17, 15) is 13.2 Å². The Morgan fingerprint density at radius 1 is 0.958 bits per heavy atom. The highest BCUT2D eigenvalue weighted by Gasteiger charge is 2.30. The average Bonchev–Trinajstić information content (AvgIpc) is 2.57. The molecule has 1 saturated heterocycles. The maximum absolute atomic E-state index is 12.8. The molecular formula is C19H20F3NO. The smallest absolute Gasteiger partial charge is 0.416 e. The lowest BCUT2D eigenvalue weighted by Crippen LogP contribution is -2.37. The van der Waals surface area contributed by atoms with E-state index in [1.54, 1.807) is 6.07 Å². The summed E-state index contributed by atoms with van der Waals surface area (Å²) < 4.78 is 44.3. The van der Waals surface area contributed by atoms with Gasteiger partial charge < -0.3 is 4.74 Å². The van der Waals surface area contributed by atoms with Crippen molar-refractivity contribution in [3.63, 3.8) is 0 Å². The zero-order valence-electron chi connectivity index (χ0n) is 13.3. The minimum absolute atomic E-state index is 0.171. The van der Waals surface area contributed by atoms with Crippen LogP contribution in [0.2, 0.25) is 0 Å². The fourth-order valence-electron chi connectivity index (χ4n) is 2.98. The first-order valence-corrected chi connectivity index (χ1v) is 8.11. The van der Waals surface area contributed by atoms with E-state index in [0.717, 1.165) is 37.7 Å². The van der Waals surface area contributed by atoms with Crippen molar-refractivity contribution in [2.24, 2.45) is 0 Å². The molecule has 2 aromatic carbocycles. The normalized spacial score (nSPS) is 17.0. The van der Waals surface area contributed by atoms with Crippen LogP contribution in [0.25, 0.3) is 0 Å². The van der Waals surface area contributed by atoms with E-state index in [1.165, 1.54) is 12.1 Å². The van der Waals surface area contributed by atoms with Crippen LogP contribution in [-0.2, 0) is 12.7 Å². The molecule has 0 spiro atoms. The van der Waals surface area contributed by atoms with Crippen LogP contribution in [0.3, 0.4) is 0 Å². The number of alkyl halides is 3. The van der Waals surface area contributed by atoms with Gasteiger partial charge in [-0.1, -0.05) is 36.4 Å². The largest absolute Gasteiger partial charge is 0.490 e. The zero-order valence-corrected chi connectivity index (χ0v) is 13.3. The molecule has 1 aliphatic heterocycles. The standard InChI is InChI=1S/C19H20F3NO/c20-19(21,22)16-6-4-5-15(13-16)14-23-11-9-18(10-12-23)24-17-7-2-1-3-8-17/h1-8,13,18H,9-12,14H2. The highest BCUT2D eigenvalue weighted by Crippen LogP contribution is 2.30. The van der Waals surface area contributed by atoms with Crippen LogP contribution >= 0.6 is 0 Å². The number of rotatable bonds is 4. The molecule has 2 aromatic rings. The third-order valence-corrected chi connectivity index (χ3v) is 4.24. The lowest BCUT2D eigenvalue weighted by atomic mass is 10.1. The molecule has 0 saturated carbocycles. The van der Waals surface area contributed by atoms with E-state index in [-0.39, 0.29) is 6.10 Å². The maximum Gasteiger partial charge on any atom is 0.416 e. The van der Waals surface area contributed by atoms with Crippen molar-refractivity contribution in [2.45, 2.75) is 31.7 Å². The quantitative estimate of drug-likeness (QED) is 0.799. The zero-order chi connectivity index (χ0) is 17.0. The van der Waals surface area contributed by atoms with E-state index >= 15 is 0 Å². The first kappa shape index (κ1) is 16.8. The fourth-order valence-corrected chi connectivity index (χ4v) is 2.98. The van der Waals surface area contributed by atoms with Crippen LogP contribution < -0.4 is 4.74 Å². The third kappa shape index (κ3) is 4.51. The minimum atomic E-state index is -4.29. The van der Waals surface area contributed by atoms with Gasteiger partial charge in [0.25, 0.3) is 0 Å². The van der Waals surface area contributed by atoms with E-state index in [1.807, 2.05) is 30.3 Å². The van der Waals surface area contributed by atoms with Gasteiger partial charge in [-0.25, -0.2) is 0 Å². The van der Waals surface area contributed by atoms with Gasteiger partial charge in [0.05, 0.1) is 5.56 Å². The number of nitrogens with zero attached hydrogens (tertiary/aromatic N) is 1. The van der Waals surface area contributed by atoms with Gasteiger partial charge in [0.15, 0.2) is 0 Å². The van der Waals surface area contributed by atoms with E-state index in [4.69, 9.17) is 4.74 Å². The molecule has 0 aromatic heterocycles. The summed E-state index contributed by atoms with van der Waals surface area (Å²) in [4.78, 5) is 2.18. The van der Waals surface area contributed by atoms with E-state index in [0.29, 0.717) is 12.1 Å². The minimum Gasteiger partial charge on any atom is -0.490 e. The molecular weight excluding hydrogens is 315 g/mol. The molecule has 0 N–H and O–H groups in total. The Labute approximate surface area is 139 Å². The highest BCUT2D eigenvalue weighted by molar-refractivity contribution is 5.25. The summed E-state index contributed by atoms with van der Waals surface area (Å²) in [6.07, 6.45) is -2.35. The number of halogens is 3. The Kier molecular flexibility index (Phi) is 5.09. The van der Waals surface area contributed by atoms with Gasteiger partial charge in [0.2, 0.25) is 0 Å². The Balaban J connectivity index is 1.52. The van der Waals surface area contributed by atoms with Crippen LogP contribution in [-0.4, -0.2) is 24.1 Å². The van der Waals surface area contributed by atoms with Crippen molar-refractivity contribution in [1.29, 1.82) is 0 Å². The summed E-state index contributed by atoms with van der Waals surface area (Å²) in [5.74, 6) is 0.869. The number of benzene rings is 2. The molecule has 0 unspecified atom stereocenters. The van der Waals surface area contributed by atoms with Crippen LogP contribution in [0, 0.1) is 0 Å². The summed E-state index contributed by atoms with van der Waals surface area (Å²) in [5.41, 5.74) is 0.120. The summed E-state index contributed by atoms with van der Waals surface area (Å²) in [7, 11) is 0. The molecule has 5 heteroatoms. The fraction of sp³-hybridized carbons (Fsp3) is 0.368. The lowest BCUT2D eigenvalue weighted by molar-refractivity contribution is -0.137. The predicted molar refractivity (Wildman–Crippen MR) is 86.8 cm³/mol. The number of para-hydroxylation sites is 1. The molecule has 24 heavy (non-hydrogen) atoms. The number of ether oxygens (including phenoxy) is 1. The first-order chi connectivity index (χ1) is 11.5. The summed E-state index contributed by atoms with van der Waals surface area (Å²) >= 11 is 0. The van der Waals surface area contributed by atoms with Crippen molar-refractivity contribution < 1.29 is 17.9 Å². The number of hydrogen-bond donors (Lipinski definition) is 0. The van der Waals surface area contributed by atoms with Gasteiger partial charge in [-0.3, -0.25) is 4.90 Å². The lowest BCUT2D eigenvalue weighted by Gasteiger charge is -2.32. The predicted octanol–water partition coefficient (Wildman–Crippen LogP) is 4.75. The molecule has 1 heterocycles. The average molecular weight is 335 g/mol. The summed E-state index contributed by atoms with van der Waals surface area (Å²) in [5, 5.41) is 0. The van der Waals surface area contributed by atoms with Gasteiger partial charge in [-0.05, 0) is 36.6 Å². The van der Waals surface area contributed by atoms with Gasteiger partial charge in [-0.15, -0.1) is 0 Å². The molecule has 3 rings (SSSR count). The molecule has 2 nitrogen and oxygen atoms in total. The molecule has 1 fully saturated rings.